The first-order chi connectivity index (χ1) is 9.21. The van der Waals surface area contributed by atoms with E-state index in [0.29, 0.717) is 11.8 Å². The van der Waals surface area contributed by atoms with Crippen molar-refractivity contribution in [1.29, 1.82) is 0 Å². The summed E-state index contributed by atoms with van der Waals surface area (Å²) in [7, 11) is 3.72. The Balaban J connectivity index is 2.22. The topological polar surface area (TPSA) is 60.2 Å². The molecule has 1 heterocycles. The van der Waals surface area contributed by atoms with E-state index in [1.54, 1.807) is 7.11 Å². The fraction of sp³-hybridized carbons (Fsp3) is 0.667. The van der Waals surface area contributed by atoms with Gasteiger partial charge in [-0.2, -0.15) is 0 Å². The van der Waals surface area contributed by atoms with Crippen molar-refractivity contribution in [1.82, 2.24) is 4.98 Å². The van der Waals surface area contributed by atoms with Gasteiger partial charge in [-0.15, -0.1) is 0 Å². The highest BCUT2D eigenvalue weighted by atomic mass is 16.5. The molecule has 1 fully saturated rings. The van der Waals surface area contributed by atoms with E-state index in [4.69, 9.17) is 10.5 Å². The van der Waals surface area contributed by atoms with E-state index in [0.717, 1.165) is 24.9 Å². The molecule has 0 saturated heterocycles. The van der Waals surface area contributed by atoms with Gasteiger partial charge in [-0.05, 0) is 36.3 Å². The second kappa shape index (κ2) is 6.35. The lowest BCUT2D eigenvalue weighted by molar-refractivity contribution is 0.00154. The third-order valence-corrected chi connectivity index (χ3v) is 4.39. The fourth-order valence-electron chi connectivity index (χ4n) is 3.40. The molecule has 0 aromatic carbocycles. The van der Waals surface area contributed by atoms with Gasteiger partial charge in [-0.25, -0.2) is 0 Å². The van der Waals surface area contributed by atoms with Crippen LogP contribution in [-0.4, -0.2) is 31.3 Å². The number of methoxy groups -OCH3 is 1. The lowest BCUT2D eigenvalue weighted by atomic mass is 9.73. The first-order valence-corrected chi connectivity index (χ1v) is 7.11. The first kappa shape index (κ1) is 14.3. The van der Waals surface area contributed by atoms with Crippen LogP contribution >= 0.6 is 0 Å². The van der Waals surface area contributed by atoms with E-state index in [1.165, 1.54) is 5.56 Å². The summed E-state index contributed by atoms with van der Waals surface area (Å²) in [4.78, 5) is 4.18. The van der Waals surface area contributed by atoms with Gasteiger partial charge in [-0.3, -0.25) is 4.98 Å². The van der Waals surface area contributed by atoms with Crippen LogP contribution in [0.3, 0.4) is 0 Å². The van der Waals surface area contributed by atoms with Gasteiger partial charge in [0, 0.05) is 26.4 Å². The maximum atomic E-state index is 6.31. The van der Waals surface area contributed by atoms with Crippen LogP contribution in [0.2, 0.25) is 0 Å². The normalized spacial score (nSPS) is 31.2. The number of rotatable bonds is 4. The minimum Gasteiger partial charge on any atom is -0.387 e. The Hall–Kier alpha value is -1.13. The van der Waals surface area contributed by atoms with Gasteiger partial charge in [-0.1, -0.05) is 13.3 Å². The van der Waals surface area contributed by atoms with Crippen LogP contribution < -0.4 is 11.1 Å². The highest BCUT2D eigenvalue weighted by Gasteiger charge is 2.36. The molecule has 106 valence electrons. The summed E-state index contributed by atoms with van der Waals surface area (Å²) < 4.78 is 5.59. The molecule has 1 aromatic heterocycles. The Morgan fingerprint density at radius 2 is 2.26 bits per heavy atom. The minimum atomic E-state index is 0.117. The van der Waals surface area contributed by atoms with Crippen LogP contribution in [0.4, 0.5) is 5.69 Å². The van der Waals surface area contributed by atoms with E-state index in [-0.39, 0.29) is 12.1 Å². The van der Waals surface area contributed by atoms with Gasteiger partial charge < -0.3 is 15.8 Å². The second-order valence-electron chi connectivity index (χ2n) is 5.41. The third kappa shape index (κ3) is 2.90. The molecular formula is C15H25N3O. The first-order valence-electron chi connectivity index (χ1n) is 7.11. The number of hydrogen-bond acceptors (Lipinski definition) is 4. The Labute approximate surface area is 115 Å². The lowest BCUT2D eigenvalue weighted by Crippen LogP contribution is -2.46. The highest BCUT2D eigenvalue weighted by Crippen LogP contribution is 2.40. The molecule has 0 aliphatic heterocycles. The summed E-state index contributed by atoms with van der Waals surface area (Å²) in [6.07, 6.45) is 7.19. The van der Waals surface area contributed by atoms with Crippen molar-refractivity contribution in [2.45, 2.75) is 44.2 Å². The smallest absolute Gasteiger partial charge is 0.0750 e. The highest BCUT2D eigenvalue weighted by molar-refractivity contribution is 5.50. The third-order valence-electron chi connectivity index (χ3n) is 4.39. The summed E-state index contributed by atoms with van der Waals surface area (Å²) >= 11 is 0. The van der Waals surface area contributed by atoms with Gasteiger partial charge in [0.2, 0.25) is 0 Å². The monoisotopic (exact) mass is 263 g/mol. The zero-order valence-corrected chi connectivity index (χ0v) is 12.1. The Bertz CT molecular complexity index is 410. The summed E-state index contributed by atoms with van der Waals surface area (Å²) in [5.74, 6) is 1.04. The maximum absolute atomic E-state index is 6.31. The SMILES string of the molecule is CCC1CC(c2ccncc2NC)CC(N)C1OC. The van der Waals surface area contributed by atoms with Crippen molar-refractivity contribution >= 4 is 5.69 Å². The quantitative estimate of drug-likeness (QED) is 0.875. The summed E-state index contributed by atoms with van der Waals surface area (Å²) in [6.45, 7) is 2.22. The van der Waals surface area contributed by atoms with Gasteiger partial charge in [0.05, 0.1) is 18.0 Å². The molecule has 1 aliphatic rings. The van der Waals surface area contributed by atoms with Crippen LogP contribution in [-0.2, 0) is 4.74 Å². The van der Waals surface area contributed by atoms with Crippen LogP contribution in [0.1, 0.15) is 37.7 Å². The van der Waals surface area contributed by atoms with Gasteiger partial charge in [0.1, 0.15) is 0 Å². The largest absolute Gasteiger partial charge is 0.387 e. The number of pyridine rings is 1. The molecule has 4 unspecified atom stereocenters. The van der Waals surface area contributed by atoms with Crippen molar-refractivity contribution in [3.05, 3.63) is 24.0 Å². The van der Waals surface area contributed by atoms with Crippen LogP contribution in [0, 0.1) is 5.92 Å². The molecule has 0 radical (unpaired) electrons. The minimum absolute atomic E-state index is 0.117. The molecule has 0 spiro atoms. The summed E-state index contributed by atoms with van der Waals surface area (Å²) in [5, 5.41) is 3.23. The molecule has 2 rings (SSSR count). The van der Waals surface area contributed by atoms with Crippen LogP contribution in [0.5, 0.6) is 0 Å². The van der Waals surface area contributed by atoms with Gasteiger partial charge in [0.25, 0.3) is 0 Å². The molecule has 1 aromatic rings. The number of anilines is 1. The zero-order chi connectivity index (χ0) is 13.8. The predicted molar refractivity (Wildman–Crippen MR) is 78.3 cm³/mol. The average Bonchev–Trinajstić information content (AvgIpc) is 2.46. The average molecular weight is 263 g/mol. The lowest BCUT2D eigenvalue weighted by Gasteiger charge is -2.39. The Morgan fingerprint density at radius 3 is 2.89 bits per heavy atom. The molecule has 0 bridgehead atoms. The van der Waals surface area contributed by atoms with E-state index in [1.807, 2.05) is 19.4 Å². The number of aromatic nitrogens is 1. The van der Waals surface area contributed by atoms with E-state index < -0.39 is 0 Å². The molecule has 1 saturated carbocycles. The van der Waals surface area contributed by atoms with Crippen molar-refractivity contribution in [3.8, 4) is 0 Å². The standard InChI is InChI=1S/C15H25N3O/c1-4-10-7-11(8-13(16)15(10)19-3)12-5-6-18-9-14(12)17-2/h5-6,9-11,13,15,17H,4,7-8,16H2,1-3H3. The van der Waals surface area contributed by atoms with Crippen molar-refractivity contribution in [2.75, 3.05) is 19.5 Å². The summed E-state index contributed by atoms with van der Waals surface area (Å²) in [5.41, 5.74) is 8.76. The molecule has 4 atom stereocenters. The molecule has 0 amide bonds. The number of nitrogens with one attached hydrogen (secondary N) is 1. The van der Waals surface area contributed by atoms with E-state index >= 15 is 0 Å². The number of nitrogens with two attached hydrogens (primary N) is 1. The number of ether oxygens (including phenoxy) is 1. The van der Waals surface area contributed by atoms with Gasteiger partial charge in [0.15, 0.2) is 0 Å². The van der Waals surface area contributed by atoms with Gasteiger partial charge >= 0.3 is 0 Å². The van der Waals surface area contributed by atoms with Crippen LogP contribution in [0.25, 0.3) is 0 Å². The van der Waals surface area contributed by atoms with E-state index in [9.17, 15) is 0 Å². The molecule has 1 aliphatic carbocycles. The molecule has 3 N–H and O–H groups in total. The van der Waals surface area contributed by atoms with E-state index in [2.05, 4.69) is 23.3 Å². The molecule has 4 heteroatoms. The number of nitrogens with zero attached hydrogens (tertiary/aromatic N) is 1. The Kier molecular flexibility index (Phi) is 4.77. The number of hydrogen-bond donors (Lipinski definition) is 2. The molecule has 19 heavy (non-hydrogen) atoms. The Morgan fingerprint density at radius 1 is 1.47 bits per heavy atom. The maximum Gasteiger partial charge on any atom is 0.0750 e. The van der Waals surface area contributed by atoms with Crippen LogP contribution in [0.15, 0.2) is 18.5 Å². The summed E-state index contributed by atoms with van der Waals surface area (Å²) in [6, 6.07) is 2.23. The predicted octanol–water partition coefficient (Wildman–Crippen LogP) is 2.37. The second-order valence-corrected chi connectivity index (χ2v) is 5.41. The zero-order valence-electron chi connectivity index (χ0n) is 12.1. The fourth-order valence-corrected chi connectivity index (χ4v) is 3.40. The van der Waals surface area contributed by atoms with Crippen molar-refractivity contribution in [2.24, 2.45) is 11.7 Å². The van der Waals surface area contributed by atoms with Crippen molar-refractivity contribution < 1.29 is 4.74 Å². The molecule has 4 nitrogen and oxygen atoms in total. The van der Waals surface area contributed by atoms with Crippen molar-refractivity contribution in [3.63, 3.8) is 0 Å². The molecular weight excluding hydrogens is 238 g/mol.